The van der Waals surface area contributed by atoms with Gasteiger partial charge in [0.15, 0.2) is 0 Å². The largest absolute Gasteiger partial charge is 0.327 e. The lowest BCUT2D eigenvalue weighted by atomic mass is 9.96. The van der Waals surface area contributed by atoms with Crippen molar-refractivity contribution in [1.82, 2.24) is 4.98 Å². The van der Waals surface area contributed by atoms with Gasteiger partial charge in [0.25, 0.3) is 0 Å². The molecule has 0 aliphatic carbocycles. The fourth-order valence-electron chi connectivity index (χ4n) is 2.02. The van der Waals surface area contributed by atoms with Gasteiger partial charge in [-0.05, 0) is 30.4 Å². The Kier molecular flexibility index (Phi) is 3.75. The first kappa shape index (κ1) is 12.1. The van der Waals surface area contributed by atoms with E-state index in [9.17, 15) is 0 Å². The number of nitrogens with zero attached hydrogens (tertiary/aromatic N) is 1. The molecule has 1 aromatic heterocycles. The van der Waals surface area contributed by atoms with E-state index in [0.717, 1.165) is 18.4 Å². The molecule has 0 saturated heterocycles. The maximum absolute atomic E-state index is 6.09. The number of pyridine rings is 1. The Morgan fingerprint density at radius 3 is 2.71 bits per heavy atom. The zero-order valence-corrected chi connectivity index (χ0v) is 10.6. The molecule has 1 atom stereocenters. The maximum Gasteiger partial charge on any atom is 0.0733 e. The van der Waals surface area contributed by atoms with Crippen LogP contribution in [0.1, 0.15) is 25.8 Å². The van der Waals surface area contributed by atoms with Crippen molar-refractivity contribution in [2.45, 2.75) is 32.7 Å². The van der Waals surface area contributed by atoms with Crippen LogP contribution >= 0.6 is 0 Å². The summed E-state index contributed by atoms with van der Waals surface area (Å²) in [5.74, 6) is 0.540. The van der Waals surface area contributed by atoms with Crippen LogP contribution in [0.25, 0.3) is 10.9 Å². The third-order valence-corrected chi connectivity index (χ3v) is 3.32. The Hall–Kier alpha value is -1.41. The molecule has 0 fully saturated rings. The first-order chi connectivity index (χ1) is 8.18. The lowest BCUT2D eigenvalue weighted by Gasteiger charge is -2.15. The van der Waals surface area contributed by atoms with Crippen LogP contribution in [0.3, 0.4) is 0 Å². The minimum atomic E-state index is 0.272. The summed E-state index contributed by atoms with van der Waals surface area (Å²) in [5.41, 5.74) is 8.51. The van der Waals surface area contributed by atoms with Crippen molar-refractivity contribution in [1.29, 1.82) is 0 Å². The first-order valence-corrected chi connectivity index (χ1v) is 6.26. The monoisotopic (exact) mass is 228 g/mol. The van der Waals surface area contributed by atoms with Gasteiger partial charge < -0.3 is 5.73 Å². The molecule has 1 heterocycles. The summed E-state index contributed by atoms with van der Waals surface area (Å²) in [6.07, 6.45) is 3.88. The van der Waals surface area contributed by atoms with Gasteiger partial charge in [-0.25, -0.2) is 0 Å². The highest BCUT2D eigenvalue weighted by Gasteiger charge is 2.09. The lowest BCUT2D eigenvalue weighted by Crippen LogP contribution is -2.26. The van der Waals surface area contributed by atoms with Gasteiger partial charge in [0.1, 0.15) is 0 Å². The summed E-state index contributed by atoms with van der Waals surface area (Å²) in [7, 11) is 0. The summed E-state index contributed by atoms with van der Waals surface area (Å²) in [5, 5.41) is 1.21. The van der Waals surface area contributed by atoms with Gasteiger partial charge in [-0.2, -0.15) is 0 Å². The van der Waals surface area contributed by atoms with E-state index in [1.807, 2.05) is 12.3 Å². The van der Waals surface area contributed by atoms with Crippen molar-refractivity contribution >= 4 is 10.9 Å². The number of nitrogens with two attached hydrogens (primary N) is 1. The molecule has 0 amide bonds. The number of hydrogen-bond donors (Lipinski definition) is 1. The van der Waals surface area contributed by atoms with E-state index in [2.05, 4.69) is 43.1 Å². The number of benzene rings is 1. The van der Waals surface area contributed by atoms with Crippen LogP contribution in [-0.4, -0.2) is 11.0 Å². The quantitative estimate of drug-likeness (QED) is 0.873. The maximum atomic E-state index is 6.09. The van der Waals surface area contributed by atoms with Crippen LogP contribution < -0.4 is 5.73 Å². The van der Waals surface area contributed by atoms with Crippen LogP contribution in [0, 0.1) is 5.92 Å². The molecule has 90 valence electrons. The number of aromatic nitrogens is 1. The van der Waals surface area contributed by atoms with Crippen LogP contribution in [0.15, 0.2) is 36.5 Å². The number of hydrogen-bond acceptors (Lipinski definition) is 2. The molecule has 0 radical (unpaired) electrons. The first-order valence-electron chi connectivity index (χ1n) is 6.26. The van der Waals surface area contributed by atoms with Crippen LogP contribution in [0.4, 0.5) is 0 Å². The van der Waals surface area contributed by atoms with E-state index in [-0.39, 0.29) is 6.04 Å². The summed E-state index contributed by atoms with van der Waals surface area (Å²) in [6, 6.07) is 10.7. The number of rotatable bonds is 4. The van der Waals surface area contributed by atoms with E-state index < -0.39 is 0 Å². The fourth-order valence-corrected chi connectivity index (χ4v) is 2.02. The highest BCUT2D eigenvalue weighted by atomic mass is 14.7. The van der Waals surface area contributed by atoms with Crippen molar-refractivity contribution in [3.05, 3.63) is 42.1 Å². The van der Waals surface area contributed by atoms with E-state index in [4.69, 9.17) is 5.73 Å². The molecule has 2 heteroatoms. The van der Waals surface area contributed by atoms with Crippen LogP contribution in [0.2, 0.25) is 0 Å². The van der Waals surface area contributed by atoms with Gasteiger partial charge >= 0.3 is 0 Å². The Morgan fingerprint density at radius 1 is 1.18 bits per heavy atom. The molecule has 2 N–H and O–H groups in total. The molecule has 0 spiro atoms. The van der Waals surface area contributed by atoms with E-state index in [1.165, 1.54) is 10.9 Å². The number of fused-ring (bicyclic) bond motifs is 1. The second kappa shape index (κ2) is 5.28. The zero-order valence-electron chi connectivity index (χ0n) is 10.6. The summed E-state index contributed by atoms with van der Waals surface area (Å²) in [4.78, 5) is 4.46. The highest BCUT2D eigenvalue weighted by Crippen LogP contribution is 2.18. The molecule has 2 nitrogen and oxygen atoms in total. The predicted octanol–water partition coefficient (Wildman–Crippen LogP) is 3.15. The van der Waals surface area contributed by atoms with E-state index in [1.54, 1.807) is 0 Å². The molecule has 1 unspecified atom stereocenters. The molecule has 2 aromatic rings. The van der Waals surface area contributed by atoms with Crippen molar-refractivity contribution < 1.29 is 0 Å². The minimum Gasteiger partial charge on any atom is -0.327 e. The average molecular weight is 228 g/mol. The molecular weight excluding hydrogens is 208 g/mol. The Labute approximate surface area is 103 Å². The van der Waals surface area contributed by atoms with E-state index in [0.29, 0.717) is 5.92 Å². The summed E-state index contributed by atoms with van der Waals surface area (Å²) < 4.78 is 0. The van der Waals surface area contributed by atoms with Gasteiger partial charge in [-0.15, -0.1) is 0 Å². The minimum absolute atomic E-state index is 0.272. The third-order valence-electron chi connectivity index (χ3n) is 3.32. The molecule has 0 aliphatic heterocycles. The second-order valence-electron chi connectivity index (χ2n) is 4.94. The number of para-hydroxylation sites is 1. The van der Waals surface area contributed by atoms with Gasteiger partial charge in [-0.1, -0.05) is 38.1 Å². The molecule has 0 saturated carbocycles. The molecule has 17 heavy (non-hydrogen) atoms. The van der Waals surface area contributed by atoms with Crippen molar-refractivity contribution in [3.63, 3.8) is 0 Å². The Bertz CT molecular complexity index is 486. The average Bonchev–Trinajstić information content (AvgIpc) is 2.35. The Morgan fingerprint density at radius 2 is 1.94 bits per heavy atom. The smallest absolute Gasteiger partial charge is 0.0733 e. The Balaban J connectivity index is 2.19. The number of aryl methyl sites for hydroxylation is 1. The zero-order chi connectivity index (χ0) is 12.3. The SMILES string of the molecule is CC(C)C(N)CCc1cccc2cccnc12. The van der Waals surface area contributed by atoms with Crippen molar-refractivity contribution in [2.75, 3.05) is 0 Å². The highest BCUT2D eigenvalue weighted by molar-refractivity contribution is 5.81. The molecule has 0 bridgehead atoms. The molecule has 2 rings (SSSR count). The van der Waals surface area contributed by atoms with Gasteiger partial charge in [-0.3, -0.25) is 4.98 Å². The van der Waals surface area contributed by atoms with Gasteiger partial charge in [0.2, 0.25) is 0 Å². The topological polar surface area (TPSA) is 38.9 Å². The lowest BCUT2D eigenvalue weighted by molar-refractivity contribution is 0.465. The van der Waals surface area contributed by atoms with Crippen molar-refractivity contribution in [2.24, 2.45) is 11.7 Å². The predicted molar refractivity (Wildman–Crippen MR) is 72.9 cm³/mol. The molecule has 0 aliphatic rings. The normalized spacial score (nSPS) is 13.2. The second-order valence-corrected chi connectivity index (χ2v) is 4.94. The standard InChI is InChI=1S/C15H20N2/c1-11(2)14(16)9-8-13-6-3-5-12-7-4-10-17-15(12)13/h3-7,10-11,14H,8-9,16H2,1-2H3. The van der Waals surface area contributed by atoms with E-state index >= 15 is 0 Å². The van der Waals surface area contributed by atoms with Crippen molar-refractivity contribution in [3.8, 4) is 0 Å². The molecule has 1 aromatic carbocycles. The van der Waals surface area contributed by atoms with Crippen LogP contribution in [0.5, 0.6) is 0 Å². The van der Waals surface area contributed by atoms with Crippen LogP contribution in [-0.2, 0) is 6.42 Å². The molecular formula is C15H20N2. The summed E-state index contributed by atoms with van der Waals surface area (Å²) in [6.45, 7) is 4.35. The third kappa shape index (κ3) is 2.83. The summed E-state index contributed by atoms with van der Waals surface area (Å²) >= 11 is 0. The van der Waals surface area contributed by atoms with Gasteiger partial charge in [0, 0.05) is 17.6 Å². The van der Waals surface area contributed by atoms with Gasteiger partial charge in [0.05, 0.1) is 5.52 Å². The fraction of sp³-hybridized carbons (Fsp3) is 0.400.